The summed E-state index contributed by atoms with van der Waals surface area (Å²) in [6.45, 7) is 6.31. The second kappa shape index (κ2) is 9.65. The van der Waals surface area contributed by atoms with Crippen molar-refractivity contribution in [2.75, 3.05) is 23.3 Å². The molecule has 35 heavy (non-hydrogen) atoms. The minimum atomic E-state index is -1.22. The molecule has 184 valence electrons. The van der Waals surface area contributed by atoms with E-state index in [0.717, 1.165) is 44.5 Å². The fourth-order valence-corrected chi connectivity index (χ4v) is 5.41. The van der Waals surface area contributed by atoms with Crippen LogP contribution >= 0.6 is 0 Å². The molecule has 2 aliphatic rings. The molecule has 3 heterocycles. The number of fused-ring (bicyclic) bond motifs is 1. The van der Waals surface area contributed by atoms with Crippen molar-refractivity contribution in [3.63, 3.8) is 0 Å². The molecule has 2 atom stereocenters. The van der Waals surface area contributed by atoms with Crippen LogP contribution in [0.4, 0.5) is 17.3 Å². The third-order valence-corrected chi connectivity index (χ3v) is 7.02. The zero-order valence-electron chi connectivity index (χ0n) is 20.2. The van der Waals surface area contributed by atoms with Crippen molar-refractivity contribution < 1.29 is 9.90 Å². The van der Waals surface area contributed by atoms with E-state index in [-0.39, 0.29) is 17.0 Å². The lowest BCUT2D eigenvalue weighted by Gasteiger charge is -2.37. The summed E-state index contributed by atoms with van der Waals surface area (Å²) in [5.74, 6) is -0.848. The van der Waals surface area contributed by atoms with Crippen molar-refractivity contribution in [3.05, 3.63) is 52.4 Å². The average molecular weight is 477 g/mol. The summed E-state index contributed by atoms with van der Waals surface area (Å²) in [6, 6.07) is 9.17. The second-order valence-corrected chi connectivity index (χ2v) is 9.85. The van der Waals surface area contributed by atoms with Crippen LogP contribution in [-0.2, 0) is 0 Å². The Kier molecular flexibility index (Phi) is 6.42. The van der Waals surface area contributed by atoms with Crippen LogP contribution in [0, 0.1) is 0 Å². The van der Waals surface area contributed by atoms with Gasteiger partial charge < -0.3 is 25.2 Å². The molecule has 9 nitrogen and oxygen atoms in total. The standard InChI is InChI=1S/C26H32N6O3/c1-16-13-31(14-17(2)28-16)19-10-8-18(9-11-19)29-26-27-12-21-23(33)22(25(34)35)15-32(24(21)30-26)20-6-4-3-5-7-20/h8-12,15-17,20,28H,3-7,13-14H2,1-2H3,(H,34,35)(H,27,29,30). The largest absolute Gasteiger partial charge is 0.477 e. The lowest BCUT2D eigenvalue weighted by atomic mass is 9.95. The molecule has 2 fully saturated rings. The maximum absolute atomic E-state index is 12.8. The molecule has 9 heteroatoms. The Morgan fingerprint density at radius 3 is 2.43 bits per heavy atom. The lowest BCUT2D eigenvalue weighted by molar-refractivity contribution is 0.0694. The van der Waals surface area contributed by atoms with Crippen molar-refractivity contribution in [2.45, 2.75) is 64.1 Å². The first-order valence-corrected chi connectivity index (χ1v) is 12.4. The van der Waals surface area contributed by atoms with Gasteiger partial charge >= 0.3 is 5.97 Å². The van der Waals surface area contributed by atoms with E-state index in [1.165, 1.54) is 24.5 Å². The van der Waals surface area contributed by atoms with Crippen LogP contribution < -0.4 is 21.0 Å². The summed E-state index contributed by atoms with van der Waals surface area (Å²) in [5.41, 5.74) is 1.71. The van der Waals surface area contributed by atoms with Gasteiger partial charge in [-0.2, -0.15) is 4.98 Å². The molecule has 2 aromatic heterocycles. The Morgan fingerprint density at radius 1 is 1.09 bits per heavy atom. The highest BCUT2D eigenvalue weighted by Gasteiger charge is 2.23. The zero-order chi connectivity index (χ0) is 24.5. The summed E-state index contributed by atoms with van der Waals surface area (Å²) in [6.07, 6.45) is 8.11. The van der Waals surface area contributed by atoms with E-state index in [4.69, 9.17) is 0 Å². The number of carboxylic acid groups (broad SMARTS) is 1. The molecule has 3 aromatic rings. The summed E-state index contributed by atoms with van der Waals surface area (Å²) >= 11 is 0. The highest BCUT2D eigenvalue weighted by molar-refractivity contribution is 5.91. The number of carboxylic acids is 1. The monoisotopic (exact) mass is 476 g/mol. The van der Waals surface area contributed by atoms with Gasteiger partial charge in [0.25, 0.3) is 0 Å². The van der Waals surface area contributed by atoms with Crippen LogP contribution in [0.2, 0.25) is 0 Å². The summed E-state index contributed by atoms with van der Waals surface area (Å²) in [5, 5.41) is 16.6. The highest BCUT2D eigenvalue weighted by Crippen LogP contribution is 2.30. The Balaban J connectivity index is 1.44. The average Bonchev–Trinajstić information content (AvgIpc) is 2.84. The molecule has 1 saturated carbocycles. The maximum atomic E-state index is 12.8. The van der Waals surface area contributed by atoms with Gasteiger partial charge in [-0.1, -0.05) is 19.3 Å². The van der Waals surface area contributed by atoms with Gasteiger partial charge in [0.15, 0.2) is 0 Å². The summed E-state index contributed by atoms with van der Waals surface area (Å²) in [4.78, 5) is 35.9. The van der Waals surface area contributed by atoms with Crippen molar-refractivity contribution in [2.24, 2.45) is 0 Å². The first-order valence-electron chi connectivity index (χ1n) is 12.4. The molecule has 0 bridgehead atoms. The number of hydrogen-bond donors (Lipinski definition) is 3. The van der Waals surface area contributed by atoms with E-state index in [9.17, 15) is 14.7 Å². The number of aromatic carboxylic acids is 1. The van der Waals surface area contributed by atoms with Crippen molar-refractivity contribution in [3.8, 4) is 0 Å². The smallest absolute Gasteiger partial charge is 0.341 e. The van der Waals surface area contributed by atoms with Crippen LogP contribution in [-0.4, -0.2) is 50.8 Å². The van der Waals surface area contributed by atoms with Crippen LogP contribution in [0.25, 0.3) is 11.0 Å². The predicted molar refractivity (Wildman–Crippen MR) is 137 cm³/mol. The molecule has 0 amide bonds. The van der Waals surface area contributed by atoms with Crippen molar-refractivity contribution >= 4 is 34.3 Å². The number of nitrogens with one attached hydrogen (secondary N) is 2. The number of anilines is 3. The van der Waals surface area contributed by atoms with Gasteiger partial charge in [-0.05, 0) is 51.0 Å². The van der Waals surface area contributed by atoms with Gasteiger partial charge in [0, 0.05) is 55.0 Å². The van der Waals surface area contributed by atoms with Gasteiger partial charge in [-0.3, -0.25) is 4.79 Å². The second-order valence-electron chi connectivity index (χ2n) is 9.85. The molecular formula is C26H32N6O3. The van der Waals surface area contributed by atoms with Crippen LogP contribution in [0.1, 0.15) is 62.4 Å². The third kappa shape index (κ3) is 4.86. The fourth-order valence-electron chi connectivity index (χ4n) is 5.41. The quantitative estimate of drug-likeness (QED) is 0.508. The molecule has 1 aliphatic carbocycles. The van der Waals surface area contributed by atoms with Crippen LogP contribution in [0.3, 0.4) is 0 Å². The number of piperazine rings is 1. The Hall–Kier alpha value is -3.46. The van der Waals surface area contributed by atoms with E-state index in [1.54, 1.807) is 0 Å². The van der Waals surface area contributed by atoms with Gasteiger partial charge in [0.1, 0.15) is 11.2 Å². The van der Waals surface area contributed by atoms with Gasteiger partial charge in [-0.25, -0.2) is 9.78 Å². The maximum Gasteiger partial charge on any atom is 0.341 e. The molecule has 1 saturated heterocycles. The SMILES string of the molecule is CC1CN(c2ccc(Nc3ncc4c(=O)c(C(=O)O)cn(C5CCCCC5)c4n3)cc2)CC(C)N1. The van der Waals surface area contributed by atoms with E-state index in [2.05, 4.69) is 51.5 Å². The molecule has 2 unspecified atom stereocenters. The first kappa shape index (κ1) is 23.3. The molecule has 0 radical (unpaired) electrons. The molecule has 1 aromatic carbocycles. The Morgan fingerprint density at radius 2 is 1.77 bits per heavy atom. The van der Waals surface area contributed by atoms with Gasteiger partial charge in [-0.15, -0.1) is 0 Å². The number of rotatable bonds is 5. The number of benzene rings is 1. The molecule has 1 aliphatic heterocycles. The number of nitrogens with zero attached hydrogens (tertiary/aromatic N) is 4. The minimum Gasteiger partial charge on any atom is -0.477 e. The fraction of sp³-hybridized carbons (Fsp3) is 0.462. The van der Waals surface area contributed by atoms with E-state index in [0.29, 0.717) is 23.7 Å². The first-order chi connectivity index (χ1) is 16.9. The molecular weight excluding hydrogens is 444 g/mol. The third-order valence-electron chi connectivity index (χ3n) is 7.02. The Labute approximate surface area is 204 Å². The van der Waals surface area contributed by atoms with Gasteiger partial charge in [0.2, 0.25) is 11.4 Å². The topological polar surface area (TPSA) is 112 Å². The predicted octanol–water partition coefficient (Wildman–Crippen LogP) is 3.93. The number of pyridine rings is 1. The van der Waals surface area contributed by atoms with E-state index >= 15 is 0 Å². The number of hydrogen-bond acceptors (Lipinski definition) is 7. The lowest BCUT2D eigenvalue weighted by Crippen LogP contribution is -2.54. The number of carbonyl (C=O) groups is 1. The van der Waals surface area contributed by atoms with E-state index < -0.39 is 11.4 Å². The normalized spacial score (nSPS) is 21.3. The van der Waals surface area contributed by atoms with Crippen LogP contribution in [0.5, 0.6) is 0 Å². The molecule has 5 rings (SSSR count). The highest BCUT2D eigenvalue weighted by atomic mass is 16.4. The Bertz CT molecular complexity index is 1270. The molecule has 0 spiro atoms. The number of aromatic nitrogens is 3. The zero-order valence-corrected chi connectivity index (χ0v) is 20.2. The summed E-state index contributed by atoms with van der Waals surface area (Å²) in [7, 11) is 0. The van der Waals surface area contributed by atoms with Crippen molar-refractivity contribution in [1.82, 2.24) is 19.9 Å². The van der Waals surface area contributed by atoms with E-state index in [1.807, 2.05) is 16.7 Å². The van der Waals surface area contributed by atoms with Crippen LogP contribution in [0.15, 0.2) is 41.5 Å². The van der Waals surface area contributed by atoms with Gasteiger partial charge in [0.05, 0.1) is 5.39 Å². The minimum absolute atomic E-state index is 0.121. The summed E-state index contributed by atoms with van der Waals surface area (Å²) < 4.78 is 1.88. The molecule has 3 N–H and O–H groups in total. The van der Waals surface area contributed by atoms with Crippen molar-refractivity contribution in [1.29, 1.82) is 0 Å².